The number of hydrogen-bond acceptors (Lipinski definition) is 6. The Morgan fingerprint density at radius 3 is 2.53 bits per heavy atom. The Morgan fingerprint density at radius 1 is 1.13 bits per heavy atom. The number of methoxy groups -OCH3 is 1. The van der Waals surface area contributed by atoms with E-state index in [1.54, 1.807) is 12.1 Å². The summed E-state index contributed by atoms with van der Waals surface area (Å²) in [7, 11) is 1.51. The maximum Gasteiger partial charge on any atom is 0.357 e. The van der Waals surface area contributed by atoms with Crippen molar-refractivity contribution in [3.05, 3.63) is 93.8 Å². The Hall–Kier alpha value is -3.41. The van der Waals surface area contributed by atoms with Crippen LogP contribution in [0.15, 0.2) is 52.1 Å². The highest BCUT2D eigenvalue weighted by Gasteiger charge is 2.19. The number of benzene rings is 2. The van der Waals surface area contributed by atoms with E-state index in [4.69, 9.17) is 9.47 Å². The van der Waals surface area contributed by atoms with Crippen molar-refractivity contribution in [2.24, 2.45) is 0 Å². The highest BCUT2D eigenvalue weighted by Crippen LogP contribution is 2.35. The first kappa shape index (κ1) is 21.3. The van der Waals surface area contributed by atoms with Gasteiger partial charge in [-0.2, -0.15) is 0 Å². The van der Waals surface area contributed by atoms with Crippen LogP contribution in [-0.2, 0) is 6.61 Å². The van der Waals surface area contributed by atoms with Crippen molar-refractivity contribution in [3.8, 4) is 11.5 Å². The van der Waals surface area contributed by atoms with Gasteiger partial charge in [0.05, 0.1) is 15.6 Å². The molecule has 0 saturated carbocycles. The molecule has 154 valence electrons. The molecule has 10 heteroatoms. The molecule has 0 aliphatic heterocycles. The minimum Gasteiger partial charge on any atom is -0.493 e. The quantitative estimate of drug-likeness (QED) is 0.279. The van der Waals surface area contributed by atoms with Crippen LogP contribution < -0.4 is 20.7 Å². The summed E-state index contributed by atoms with van der Waals surface area (Å²) in [6.45, 7) is 0.364. The van der Waals surface area contributed by atoms with Crippen LogP contribution in [0.4, 0.5) is 5.69 Å². The molecule has 30 heavy (non-hydrogen) atoms. The summed E-state index contributed by atoms with van der Waals surface area (Å²) in [5.74, 6) is 1.04. The van der Waals surface area contributed by atoms with Crippen molar-refractivity contribution in [2.45, 2.75) is 6.61 Å². The van der Waals surface area contributed by atoms with Gasteiger partial charge >= 0.3 is 16.9 Å². The highest BCUT2D eigenvalue weighted by atomic mass is 127. The number of nitrogens with zero attached hydrogens (tertiary/aromatic N) is 1. The molecule has 0 radical (unpaired) electrons. The lowest BCUT2D eigenvalue weighted by Gasteiger charge is -2.13. The second-order valence-electron chi connectivity index (χ2n) is 6.07. The molecule has 0 spiro atoms. The van der Waals surface area contributed by atoms with Crippen molar-refractivity contribution >= 4 is 40.4 Å². The molecule has 1 aromatic heterocycles. The second-order valence-corrected chi connectivity index (χ2v) is 7.23. The van der Waals surface area contributed by atoms with E-state index < -0.39 is 21.9 Å². The monoisotopic (exact) mass is 521 g/mol. The van der Waals surface area contributed by atoms with E-state index in [1.807, 2.05) is 35.3 Å². The molecule has 3 aromatic rings. The van der Waals surface area contributed by atoms with Gasteiger partial charge in [0.15, 0.2) is 11.5 Å². The van der Waals surface area contributed by atoms with Gasteiger partial charge in [-0.05, 0) is 51.9 Å². The SMILES string of the molecule is COc1cc(/C=C/c2[nH]c(=O)[nH]c(=O)c2[N+](=O)[O-])cc(I)c1OCc1ccccc1. The molecule has 1 heterocycles. The predicted molar refractivity (Wildman–Crippen MR) is 120 cm³/mol. The highest BCUT2D eigenvalue weighted by molar-refractivity contribution is 14.1. The molecule has 0 bridgehead atoms. The van der Waals surface area contributed by atoms with Gasteiger partial charge in [0.2, 0.25) is 0 Å². The fraction of sp³-hybridized carbons (Fsp3) is 0.100. The number of aromatic nitrogens is 2. The summed E-state index contributed by atoms with van der Waals surface area (Å²) in [4.78, 5) is 37.6. The van der Waals surface area contributed by atoms with Crippen LogP contribution in [0.3, 0.4) is 0 Å². The van der Waals surface area contributed by atoms with E-state index in [0.29, 0.717) is 23.7 Å². The summed E-state index contributed by atoms with van der Waals surface area (Å²) < 4.78 is 12.1. The van der Waals surface area contributed by atoms with E-state index in [1.165, 1.54) is 19.3 Å². The summed E-state index contributed by atoms with van der Waals surface area (Å²) in [5, 5.41) is 11.1. The number of halogens is 1. The van der Waals surface area contributed by atoms with Crippen molar-refractivity contribution in [2.75, 3.05) is 7.11 Å². The lowest BCUT2D eigenvalue weighted by Crippen LogP contribution is -2.25. The van der Waals surface area contributed by atoms with Gasteiger partial charge in [-0.1, -0.05) is 36.4 Å². The molecule has 9 nitrogen and oxygen atoms in total. The molecule has 0 unspecified atom stereocenters. The minimum absolute atomic E-state index is 0.202. The number of hydrogen-bond donors (Lipinski definition) is 2. The Kier molecular flexibility index (Phi) is 6.67. The van der Waals surface area contributed by atoms with Gasteiger partial charge in [-0.3, -0.25) is 19.9 Å². The number of rotatable bonds is 7. The molecular formula is C20H16IN3O6. The van der Waals surface area contributed by atoms with Gasteiger partial charge < -0.3 is 14.5 Å². The van der Waals surface area contributed by atoms with Gasteiger partial charge in [0.25, 0.3) is 0 Å². The van der Waals surface area contributed by atoms with Gasteiger partial charge in [0, 0.05) is 0 Å². The first-order valence-corrected chi connectivity index (χ1v) is 9.70. The third-order valence-electron chi connectivity index (χ3n) is 4.05. The van der Waals surface area contributed by atoms with Crippen LogP contribution in [0.5, 0.6) is 11.5 Å². The molecule has 0 aliphatic rings. The van der Waals surface area contributed by atoms with Crippen molar-refractivity contribution in [3.63, 3.8) is 0 Å². The molecule has 2 aromatic carbocycles. The molecule has 0 atom stereocenters. The maximum absolute atomic E-state index is 11.7. The first-order chi connectivity index (χ1) is 14.4. The number of H-pyrrole nitrogens is 2. The van der Waals surface area contributed by atoms with Gasteiger partial charge in [0.1, 0.15) is 12.3 Å². The number of ether oxygens (including phenoxy) is 2. The normalized spacial score (nSPS) is 10.9. The predicted octanol–water partition coefficient (Wildman–Crippen LogP) is 3.33. The standard InChI is InChI=1S/C20H16IN3O6/c1-29-16-10-13(7-8-15-17(24(27)28)19(25)23-20(26)22-15)9-14(21)18(16)30-11-12-5-3-2-4-6-12/h2-10H,11H2,1H3,(H2,22,23,25,26)/b8-7+. The smallest absolute Gasteiger partial charge is 0.357 e. The third kappa shape index (κ3) is 4.95. The Morgan fingerprint density at radius 2 is 1.87 bits per heavy atom. The molecule has 2 N–H and O–H groups in total. The number of nitrogens with one attached hydrogen (secondary N) is 2. The van der Waals surface area contributed by atoms with Crippen molar-refractivity contribution in [1.29, 1.82) is 0 Å². The average molecular weight is 521 g/mol. The lowest BCUT2D eigenvalue weighted by molar-refractivity contribution is -0.386. The van der Waals surface area contributed by atoms with Crippen LogP contribution in [0.1, 0.15) is 16.8 Å². The van der Waals surface area contributed by atoms with Crippen LogP contribution in [0.25, 0.3) is 12.2 Å². The molecule has 0 aliphatic carbocycles. The Labute approximate surface area is 183 Å². The fourth-order valence-electron chi connectivity index (χ4n) is 2.68. The van der Waals surface area contributed by atoms with Crippen LogP contribution >= 0.6 is 22.6 Å². The molecule has 0 amide bonds. The molecular weight excluding hydrogens is 505 g/mol. The zero-order chi connectivity index (χ0) is 21.7. The largest absolute Gasteiger partial charge is 0.493 e. The van der Waals surface area contributed by atoms with E-state index >= 15 is 0 Å². The third-order valence-corrected chi connectivity index (χ3v) is 4.85. The van der Waals surface area contributed by atoms with E-state index in [9.17, 15) is 19.7 Å². The zero-order valence-corrected chi connectivity index (χ0v) is 17.8. The minimum atomic E-state index is -1.07. The van der Waals surface area contributed by atoms with E-state index in [-0.39, 0.29) is 5.69 Å². The number of nitro groups is 1. The Bertz CT molecular complexity index is 1220. The topological polar surface area (TPSA) is 127 Å². The van der Waals surface area contributed by atoms with Crippen molar-refractivity contribution < 1.29 is 14.4 Å². The van der Waals surface area contributed by atoms with Gasteiger partial charge in [-0.25, -0.2) is 4.79 Å². The first-order valence-electron chi connectivity index (χ1n) is 8.62. The second kappa shape index (κ2) is 9.39. The summed E-state index contributed by atoms with van der Waals surface area (Å²) in [5.41, 5.74) is -1.20. The van der Waals surface area contributed by atoms with Crippen LogP contribution in [0.2, 0.25) is 0 Å². The van der Waals surface area contributed by atoms with E-state index in [2.05, 4.69) is 27.6 Å². The zero-order valence-electron chi connectivity index (χ0n) is 15.7. The summed E-state index contributed by atoms with van der Waals surface area (Å²) in [6, 6.07) is 13.2. The average Bonchev–Trinajstić information content (AvgIpc) is 2.71. The molecule has 0 saturated heterocycles. The molecule has 3 rings (SSSR count). The summed E-state index contributed by atoms with van der Waals surface area (Å²) in [6.07, 6.45) is 2.83. The molecule has 0 fully saturated rings. The van der Waals surface area contributed by atoms with Crippen LogP contribution in [-0.4, -0.2) is 22.0 Å². The maximum atomic E-state index is 11.7. The lowest BCUT2D eigenvalue weighted by atomic mass is 10.1. The number of aromatic amines is 2. The van der Waals surface area contributed by atoms with E-state index in [0.717, 1.165) is 9.13 Å². The fourth-order valence-corrected chi connectivity index (χ4v) is 3.47. The Balaban J connectivity index is 1.91. The van der Waals surface area contributed by atoms with Crippen molar-refractivity contribution in [1.82, 2.24) is 9.97 Å². The summed E-state index contributed by atoms with van der Waals surface area (Å²) >= 11 is 2.10. The van der Waals surface area contributed by atoms with Gasteiger partial charge in [-0.15, -0.1) is 0 Å². The van der Waals surface area contributed by atoms with Crippen LogP contribution in [0, 0.1) is 13.7 Å².